The van der Waals surface area contributed by atoms with E-state index in [0.29, 0.717) is 5.90 Å². The second-order valence-electron chi connectivity index (χ2n) is 4.49. The molecule has 0 amide bonds. The van der Waals surface area contributed by atoms with E-state index in [4.69, 9.17) is 4.43 Å². The van der Waals surface area contributed by atoms with Crippen molar-refractivity contribution in [1.82, 2.24) is 0 Å². The SMILES string of the molecule is C/C(=N\N=C\c1ccccc1)O[Si](C)(C)C. The summed E-state index contributed by atoms with van der Waals surface area (Å²) in [4.78, 5) is 0. The monoisotopic (exact) mass is 234 g/mol. The van der Waals surface area contributed by atoms with E-state index in [1.165, 1.54) is 0 Å². The molecule has 1 aromatic rings. The maximum absolute atomic E-state index is 5.65. The first-order valence-electron chi connectivity index (χ1n) is 5.29. The molecule has 0 aliphatic heterocycles. The third kappa shape index (κ3) is 5.46. The Morgan fingerprint density at radius 2 is 1.81 bits per heavy atom. The summed E-state index contributed by atoms with van der Waals surface area (Å²) in [5.74, 6) is 0.631. The highest BCUT2D eigenvalue weighted by Gasteiger charge is 2.16. The lowest BCUT2D eigenvalue weighted by Crippen LogP contribution is -2.27. The number of rotatable bonds is 3. The van der Waals surface area contributed by atoms with Crippen LogP contribution in [0.15, 0.2) is 40.5 Å². The first-order chi connectivity index (χ1) is 7.47. The molecule has 1 aromatic carbocycles. The van der Waals surface area contributed by atoms with Crippen molar-refractivity contribution in [2.75, 3.05) is 0 Å². The zero-order chi connectivity index (χ0) is 12.0. The highest BCUT2D eigenvalue weighted by atomic mass is 28.4. The fraction of sp³-hybridized carbons (Fsp3) is 0.333. The number of hydrogen-bond acceptors (Lipinski definition) is 3. The van der Waals surface area contributed by atoms with E-state index in [9.17, 15) is 0 Å². The quantitative estimate of drug-likeness (QED) is 0.342. The lowest BCUT2D eigenvalue weighted by Gasteiger charge is -2.17. The van der Waals surface area contributed by atoms with Crippen molar-refractivity contribution in [2.45, 2.75) is 26.6 Å². The first kappa shape index (κ1) is 12.6. The van der Waals surface area contributed by atoms with E-state index < -0.39 is 8.32 Å². The minimum Gasteiger partial charge on any atom is -0.534 e. The summed E-state index contributed by atoms with van der Waals surface area (Å²) in [7, 11) is -1.55. The third-order valence-corrected chi connectivity index (χ3v) is 2.57. The summed E-state index contributed by atoms with van der Waals surface area (Å²) in [6.07, 6.45) is 1.72. The maximum Gasteiger partial charge on any atom is 0.243 e. The van der Waals surface area contributed by atoms with Gasteiger partial charge in [-0.3, -0.25) is 0 Å². The van der Waals surface area contributed by atoms with Crippen molar-refractivity contribution in [2.24, 2.45) is 10.2 Å². The van der Waals surface area contributed by atoms with E-state index >= 15 is 0 Å². The Hall–Kier alpha value is -1.42. The molecule has 0 heterocycles. The Morgan fingerprint density at radius 3 is 2.38 bits per heavy atom. The summed E-state index contributed by atoms with van der Waals surface area (Å²) in [6.45, 7) is 8.19. The van der Waals surface area contributed by atoms with Crippen molar-refractivity contribution in [3.63, 3.8) is 0 Å². The molecule has 0 saturated heterocycles. The van der Waals surface area contributed by atoms with Gasteiger partial charge in [-0.15, -0.1) is 5.10 Å². The molecule has 0 saturated carbocycles. The lowest BCUT2D eigenvalue weighted by atomic mass is 10.2. The number of hydrogen-bond donors (Lipinski definition) is 0. The lowest BCUT2D eigenvalue weighted by molar-refractivity contribution is 0.544. The van der Waals surface area contributed by atoms with Crippen LogP contribution >= 0.6 is 0 Å². The molecule has 1 rings (SSSR count). The Bertz CT molecular complexity index is 380. The summed E-state index contributed by atoms with van der Waals surface area (Å²) in [6, 6.07) is 9.87. The molecule has 4 heteroatoms. The van der Waals surface area contributed by atoms with Gasteiger partial charge in [0.05, 0.1) is 6.21 Å². The van der Waals surface area contributed by atoms with Crippen LogP contribution < -0.4 is 0 Å². The molecule has 16 heavy (non-hydrogen) atoms. The fourth-order valence-electron chi connectivity index (χ4n) is 1.18. The van der Waals surface area contributed by atoms with Gasteiger partial charge >= 0.3 is 0 Å². The normalized spacial score (nSPS) is 13.1. The van der Waals surface area contributed by atoms with Gasteiger partial charge in [0.15, 0.2) is 5.90 Å². The van der Waals surface area contributed by atoms with Gasteiger partial charge in [-0.1, -0.05) is 30.3 Å². The summed E-state index contributed by atoms with van der Waals surface area (Å²) < 4.78 is 5.65. The molecular formula is C12H18N2OSi. The molecule has 0 aliphatic rings. The van der Waals surface area contributed by atoms with E-state index in [2.05, 4.69) is 29.8 Å². The maximum atomic E-state index is 5.65. The zero-order valence-corrected chi connectivity index (χ0v) is 11.3. The van der Waals surface area contributed by atoms with Gasteiger partial charge in [0, 0.05) is 6.92 Å². The van der Waals surface area contributed by atoms with Crippen LogP contribution in [-0.4, -0.2) is 20.4 Å². The van der Waals surface area contributed by atoms with Crippen LogP contribution in [-0.2, 0) is 4.43 Å². The van der Waals surface area contributed by atoms with Crippen molar-refractivity contribution in [3.8, 4) is 0 Å². The van der Waals surface area contributed by atoms with Crippen molar-refractivity contribution in [1.29, 1.82) is 0 Å². The minimum atomic E-state index is -1.55. The van der Waals surface area contributed by atoms with Crippen LogP contribution in [0, 0.1) is 0 Å². The summed E-state index contributed by atoms with van der Waals surface area (Å²) >= 11 is 0. The van der Waals surface area contributed by atoms with Crippen LogP contribution in [0.1, 0.15) is 12.5 Å². The average Bonchev–Trinajstić information content (AvgIpc) is 2.16. The third-order valence-electron chi connectivity index (χ3n) is 1.66. The number of nitrogens with zero attached hydrogens (tertiary/aromatic N) is 2. The van der Waals surface area contributed by atoms with Gasteiger partial charge in [-0.25, -0.2) is 0 Å². The molecule has 0 bridgehead atoms. The highest BCUT2D eigenvalue weighted by Crippen LogP contribution is 2.03. The van der Waals surface area contributed by atoms with Gasteiger partial charge in [-0.2, -0.15) is 5.10 Å². The van der Waals surface area contributed by atoms with Crippen molar-refractivity contribution < 1.29 is 4.43 Å². The molecule has 86 valence electrons. The average molecular weight is 234 g/mol. The molecule has 0 aromatic heterocycles. The number of benzene rings is 1. The highest BCUT2D eigenvalue weighted by molar-refractivity contribution is 6.71. The van der Waals surface area contributed by atoms with Crippen LogP contribution in [0.2, 0.25) is 19.6 Å². The molecular weight excluding hydrogens is 216 g/mol. The van der Waals surface area contributed by atoms with E-state index in [1.54, 1.807) is 6.21 Å². The largest absolute Gasteiger partial charge is 0.534 e. The van der Waals surface area contributed by atoms with Crippen LogP contribution in [0.5, 0.6) is 0 Å². The van der Waals surface area contributed by atoms with E-state index in [0.717, 1.165) is 5.56 Å². The van der Waals surface area contributed by atoms with Gasteiger partial charge in [0.2, 0.25) is 8.32 Å². The molecule has 0 aliphatic carbocycles. The van der Waals surface area contributed by atoms with Gasteiger partial charge < -0.3 is 4.43 Å². The minimum absolute atomic E-state index is 0.631. The standard InChI is InChI=1S/C12H18N2OSi/c1-11(15-16(2,3)4)14-13-10-12-8-6-5-7-9-12/h5-10H,1-4H3/b13-10+,14-11+. The second-order valence-corrected chi connectivity index (χ2v) is 8.92. The van der Waals surface area contributed by atoms with Crippen molar-refractivity contribution >= 4 is 20.4 Å². The van der Waals surface area contributed by atoms with Gasteiger partial charge in [0.25, 0.3) is 0 Å². The van der Waals surface area contributed by atoms with E-state index in [-0.39, 0.29) is 0 Å². The van der Waals surface area contributed by atoms with Crippen molar-refractivity contribution in [3.05, 3.63) is 35.9 Å². The topological polar surface area (TPSA) is 34.0 Å². The molecule has 0 fully saturated rings. The molecule has 0 radical (unpaired) electrons. The Morgan fingerprint density at radius 1 is 1.19 bits per heavy atom. The van der Waals surface area contributed by atoms with Gasteiger partial charge in [-0.05, 0) is 25.2 Å². The molecule has 0 atom stereocenters. The predicted octanol–water partition coefficient (Wildman–Crippen LogP) is 3.29. The second kappa shape index (κ2) is 5.60. The van der Waals surface area contributed by atoms with E-state index in [1.807, 2.05) is 37.3 Å². The molecule has 0 spiro atoms. The molecule has 3 nitrogen and oxygen atoms in total. The van der Waals surface area contributed by atoms with Crippen LogP contribution in [0.25, 0.3) is 0 Å². The summed E-state index contributed by atoms with van der Waals surface area (Å²) in [5, 5.41) is 7.99. The van der Waals surface area contributed by atoms with Crippen LogP contribution in [0.4, 0.5) is 0 Å². The smallest absolute Gasteiger partial charge is 0.243 e. The fourth-order valence-corrected chi connectivity index (χ4v) is 2.11. The Kier molecular flexibility index (Phi) is 4.43. The molecule has 0 unspecified atom stereocenters. The zero-order valence-electron chi connectivity index (χ0n) is 10.3. The first-order valence-corrected chi connectivity index (χ1v) is 8.70. The summed E-state index contributed by atoms with van der Waals surface area (Å²) in [5.41, 5.74) is 1.03. The van der Waals surface area contributed by atoms with Crippen LogP contribution in [0.3, 0.4) is 0 Å². The molecule has 0 N–H and O–H groups in total. The predicted molar refractivity (Wildman–Crippen MR) is 71.6 cm³/mol. The Labute approximate surface area is 98.0 Å². The van der Waals surface area contributed by atoms with Gasteiger partial charge in [0.1, 0.15) is 0 Å². The Balaban J connectivity index is 2.56.